The third kappa shape index (κ3) is 6.40. The number of urea groups is 1. The van der Waals surface area contributed by atoms with E-state index in [1.807, 2.05) is 36.4 Å². The molecular formula is C20H19FN4OS. The van der Waals surface area contributed by atoms with E-state index in [1.165, 1.54) is 24.1 Å². The molecule has 0 saturated heterocycles. The van der Waals surface area contributed by atoms with Crippen LogP contribution in [-0.4, -0.2) is 11.0 Å². The Bertz CT molecular complexity index is 857. The molecule has 2 amide bonds. The zero-order valence-electron chi connectivity index (χ0n) is 14.5. The highest BCUT2D eigenvalue weighted by Gasteiger charge is 2.02. The number of pyridine rings is 1. The third-order valence-electron chi connectivity index (χ3n) is 3.69. The summed E-state index contributed by atoms with van der Waals surface area (Å²) in [4.78, 5) is 16.9. The van der Waals surface area contributed by atoms with E-state index < -0.39 is 0 Å². The van der Waals surface area contributed by atoms with E-state index in [1.54, 1.807) is 24.5 Å². The maximum atomic E-state index is 12.9. The number of rotatable bonds is 7. The van der Waals surface area contributed by atoms with E-state index in [4.69, 9.17) is 0 Å². The fraction of sp³-hybridized carbons (Fsp3) is 0.100. The Hall–Kier alpha value is -2.90. The first-order valence-corrected chi connectivity index (χ1v) is 9.19. The molecule has 0 bridgehead atoms. The molecule has 0 atom stereocenters. The van der Waals surface area contributed by atoms with Crippen LogP contribution >= 0.6 is 11.9 Å². The van der Waals surface area contributed by atoms with Crippen LogP contribution in [0.5, 0.6) is 0 Å². The van der Waals surface area contributed by atoms with E-state index in [0.29, 0.717) is 18.8 Å². The quantitative estimate of drug-likeness (QED) is 0.532. The van der Waals surface area contributed by atoms with E-state index in [2.05, 4.69) is 20.3 Å². The van der Waals surface area contributed by atoms with Crippen molar-refractivity contribution in [3.8, 4) is 0 Å². The number of hydrogen-bond acceptors (Lipinski definition) is 4. The van der Waals surface area contributed by atoms with Crippen molar-refractivity contribution in [2.24, 2.45) is 0 Å². The summed E-state index contributed by atoms with van der Waals surface area (Å²) in [5, 5.41) is 5.59. The lowest BCUT2D eigenvalue weighted by atomic mass is 10.2. The number of hydrogen-bond donors (Lipinski definition) is 3. The van der Waals surface area contributed by atoms with Crippen LogP contribution in [0.4, 0.5) is 14.9 Å². The van der Waals surface area contributed by atoms with Crippen LogP contribution in [0.1, 0.15) is 11.1 Å². The van der Waals surface area contributed by atoms with Gasteiger partial charge in [-0.05, 0) is 71.6 Å². The summed E-state index contributed by atoms with van der Waals surface area (Å²) in [6.45, 7) is 1.07. The molecule has 2 aromatic carbocycles. The van der Waals surface area contributed by atoms with Gasteiger partial charge in [0.05, 0.1) is 0 Å². The zero-order chi connectivity index (χ0) is 18.9. The molecule has 3 rings (SSSR count). The molecule has 1 aromatic heterocycles. The molecule has 0 spiro atoms. The van der Waals surface area contributed by atoms with Gasteiger partial charge < -0.3 is 10.6 Å². The Morgan fingerprint density at radius 1 is 0.889 bits per heavy atom. The topological polar surface area (TPSA) is 66.0 Å². The number of amides is 2. The first-order valence-electron chi connectivity index (χ1n) is 8.37. The highest BCUT2D eigenvalue weighted by molar-refractivity contribution is 7.97. The molecule has 7 heteroatoms. The highest BCUT2D eigenvalue weighted by atomic mass is 32.2. The van der Waals surface area contributed by atoms with Gasteiger partial charge in [-0.25, -0.2) is 9.18 Å². The second kappa shape index (κ2) is 9.70. The Balaban J connectivity index is 1.41. The van der Waals surface area contributed by atoms with Gasteiger partial charge in [0, 0.05) is 36.1 Å². The average Bonchev–Trinajstić information content (AvgIpc) is 2.70. The Morgan fingerprint density at radius 2 is 1.56 bits per heavy atom. The number of halogens is 1. The summed E-state index contributed by atoms with van der Waals surface area (Å²) in [6.07, 6.45) is 3.38. The zero-order valence-corrected chi connectivity index (χ0v) is 15.3. The number of benzene rings is 2. The molecule has 0 saturated carbocycles. The molecule has 138 valence electrons. The SMILES string of the molecule is O=C(NCc1ccncc1)Nc1ccc(SNCc2ccc(F)cc2)cc1. The van der Waals surface area contributed by atoms with E-state index in [-0.39, 0.29) is 11.8 Å². The summed E-state index contributed by atoms with van der Waals surface area (Å²) in [5.41, 5.74) is 2.71. The molecule has 0 aliphatic carbocycles. The second-order valence-electron chi connectivity index (χ2n) is 5.74. The maximum absolute atomic E-state index is 12.9. The van der Waals surface area contributed by atoms with Gasteiger partial charge in [-0.3, -0.25) is 9.71 Å². The maximum Gasteiger partial charge on any atom is 0.319 e. The first-order chi connectivity index (χ1) is 13.2. The van der Waals surface area contributed by atoms with Gasteiger partial charge in [0.25, 0.3) is 0 Å². The van der Waals surface area contributed by atoms with Gasteiger partial charge in [-0.1, -0.05) is 12.1 Å². The Labute approximate surface area is 161 Å². The number of carbonyl (C=O) groups is 1. The van der Waals surface area contributed by atoms with E-state index in [0.717, 1.165) is 16.0 Å². The van der Waals surface area contributed by atoms with Gasteiger partial charge in [0.1, 0.15) is 5.82 Å². The van der Waals surface area contributed by atoms with Crippen molar-refractivity contribution in [2.75, 3.05) is 5.32 Å². The summed E-state index contributed by atoms with van der Waals surface area (Å²) >= 11 is 1.48. The third-order valence-corrected chi connectivity index (χ3v) is 4.49. The van der Waals surface area contributed by atoms with Crippen molar-refractivity contribution in [2.45, 2.75) is 18.0 Å². The molecule has 5 nitrogen and oxygen atoms in total. The lowest BCUT2D eigenvalue weighted by Crippen LogP contribution is -2.28. The molecule has 3 N–H and O–H groups in total. The summed E-state index contributed by atoms with van der Waals surface area (Å²) in [5.74, 6) is -0.237. The number of anilines is 1. The van der Waals surface area contributed by atoms with Crippen LogP contribution in [0.25, 0.3) is 0 Å². The average molecular weight is 382 g/mol. The normalized spacial score (nSPS) is 10.4. The number of aromatic nitrogens is 1. The van der Waals surface area contributed by atoms with Gasteiger partial charge in [0.15, 0.2) is 0 Å². The predicted molar refractivity (Wildman–Crippen MR) is 106 cm³/mol. The molecule has 1 heterocycles. The van der Waals surface area contributed by atoms with Crippen molar-refractivity contribution >= 4 is 23.7 Å². The van der Waals surface area contributed by atoms with Crippen LogP contribution in [0.3, 0.4) is 0 Å². The lowest BCUT2D eigenvalue weighted by molar-refractivity contribution is 0.251. The van der Waals surface area contributed by atoms with Crippen LogP contribution < -0.4 is 15.4 Å². The largest absolute Gasteiger partial charge is 0.334 e. The van der Waals surface area contributed by atoms with E-state index >= 15 is 0 Å². The molecule has 0 fully saturated rings. The molecular weight excluding hydrogens is 363 g/mol. The van der Waals surface area contributed by atoms with Crippen molar-refractivity contribution in [1.29, 1.82) is 0 Å². The Kier molecular flexibility index (Phi) is 6.78. The smallest absolute Gasteiger partial charge is 0.319 e. The minimum absolute atomic E-state index is 0.237. The molecule has 27 heavy (non-hydrogen) atoms. The van der Waals surface area contributed by atoms with Crippen LogP contribution in [0.2, 0.25) is 0 Å². The fourth-order valence-electron chi connectivity index (χ4n) is 2.27. The van der Waals surface area contributed by atoms with Gasteiger partial charge in [-0.2, -0.15) is 0 Å². The highest BCUT2D eigenvalue weighted by Crippen LogP contribution is 2.18. The van der Waals surface area contributed by atoms with Gasteiger partial charge in [0.2, 0.25) is 0 Å². The van der Waals surface area contributed by atoms with Gasteiger partial charge >= 0.3 is 6.03 Å². The second-order valence-corrected chi connectivity index (χ2v) is 6.70. The standard InChI is InChI=1S/C20H19FN4OS/c21-17-3-1-15(2-4-17)14-24-27-19-7-5-18(6-8-19)25-20(26)23-13-16-9-11-22-12-10-16/h1-12,24H,13-14H2,(H2,23,25,26). The van der Waals surface area contributed by atoms with Gasteiger partial charge in [-0.15, -0.1) is 0 Å². The monoisotopic (exact) mass is 382 g/mol. The van der Waals surface area contributed by atoms with Crippen molar-refractivity contribution in [1.82, 2.24) is 15.0 Å². The van der Waals surface area contributed by atoms with Crippen molar-refractivity contribution in [3.63, 3.8) is 0 Å². The lowest BCUT2D eigenvalue weighted by Gasteiger charge is -2.09. The minimum atomic E-state index is -0.262. The molecule has 0 radical (unpaired) electrons. The number of nitrogens with one attached hydrogen (secondary N) is 3. The molecule has 0 aliphatic rings. The van der Waals surface area contributed by atoms with Crippen LogP contribution in [0, 0.1) is 5.82 Å². The minimum Gasteiger partial charge on any atom is -0.334 e. The molecule has 3 aromatic rings. The van der Waals surface area contributed by atoms with Crippen LogP contribution in [-0.2, 0) is 13.1 Å². The summed E-state index contributed by atoms with van der Waals surface area (Å²) in [6, 6.07) is 17.4. The van der Waals surface area contributed by atoms with Crippen LogP contribution in [0.15, 0.2) is 78.0 Å². The first kappa shape index (κ1) is 18.9. The number of nitrogens with zero attached hydrogens (tertiary/aromatic N) is 1. The molecule has 0 unspecified atom stereocenters. The fourth-order valence-corrected chi connectivity index (χ4v) is 2.95. The van der Waals surface area contributed by atoms with E-state index in [9.17, 15) is 9.18 Å². The number of carbonyl (C=O) groups excluding carboxylic acids is 1. The van der Waals surface area contributed by atoms with Crippen molar-refractivity contribution in [3.05, 3.63) is 90.0 Å². The Morgan fingerprint density at radius 3 is 2.26 bits per heavy atom. The summed E-state index contributed by atoms with van der Waals surface area (Å²) < 4.78 is 16.1. The van der Waals surface area contributed by atoms with Crippen molar-refractivity contribution < 1.29 is 9.18 Å². The predicted octanol–water partition coefficient (Wildman–Crippen LogP) is 4.34. The summed E-state index contributed by atoms with van der Waals surface area (Å²) in [7, 11) is 0. The molecule has 0 aliphatic heterocycles.